The highest BCUT2D eigenvalue weighted by molar-refractivity contribution is 5.94. The van der Waals surface area contributed by atoms with E-state index in [1.807, 2.05) is 0 Å². The lowest BCUT2D eigenvalue weighted by molar-refractivity contribution is 0.0904. The second kappa shape index (κ2) is 6.49. The Kier molecular flexibility index (Phi) is 4.21. The van der Waals surface area contributed by atoms with Crippen molar-refractivity contribution >= 4 is 5.91 Å². The van der Waals surface area contributed by atoms with Gasteiger partial charge in [-0.1, -0.05) is 31.9 Å². The molecule has 3 atom stereocenters. The van der Waals surface area contributed by atoms with Crippen molar-refractivity contribution in [3.63, 3.8) is 0 Å². The lowest BCUT2D eigenvalue weighted by atomic mass is 9.80. The molecule has 1 heterocycles. The predicted molar refractivity (Wildman–Crippen MR) is 107 cm³/mol. The first kappa shape index (κ1) is 17.5. The molecule has 5 rings (SSSR count). The van der Waals surface area contributed by atoms with Gasteiger partial charge in [0.05, 0.1) is 12.1 Å². The van der Waals surface area contributed by atoms with Gasteiger partial charge in [0, 0.05) is 11.3 Å². The Balaban J connectivity index is 1.45. The van der Waals surface area contributed by atoms with E-state index in [1.165, 1.54) is 81.0 Å². The molecule has 27 heavy (non-hydrogen) atoms. The van der Waals surface area contributed by atoms with Crippen LogP contribution in [0.15, 0.2) is 12.2 Å². The Morgan fingerprint density at radius 3 is 2.59 bits per heavy atom. The molecule has 0 radical (unpaired) electrons. The molecule has 4 nitrogen and oxygen atoms in total. The van der Waals surface area contributed by atoms with Crippen LogP contribution in [-0.2, 0) is 12.8 Å². The second-order valence-electron chi connectivity index (χ2n) is 9.79. The molecule has 1 amide bonds. The first-order chi connectivity index (χ1) is 13.1. The van der Waals surface area contributed by atoms with Crippen LogP contribution in [-0.4, -0.2) is 21.7 Å². The van der Waals surface area contributed by atoms with E-state index >= 15 is 0 Å². The van der Waals surface area contributed by atoms with E-state index in [1.54, 1.807) is 0 Å². The number of hydrogen-bond donors (Lipinski definition) is 1. The number of amides is 1. The summed E-state index contributed by atoms with van der Waals surface area (Å²) in [6.07, 6.45) is 14.4. The number of nitrogens with zero attached hydrogens (tertiary/aromatic N) is 2. The van der Waals surface area contributed by atoms with E-state index in [0.717, 1.165) is 18.5 Å². The maximum absolute atomic E-state index is 13.3. The molecule has 3 saturated carbocycles. The van der Waals surface area contributed by atoms with Crippen molar-refractivity contribution in [2.75, 3.05) is 0 Å². The van der Waals surface area contributed by atoms with Crippen molar-refractivity contribution in [1.82, 2.24) is 15.1 Å². The van der Waals surface area contributed by atoms with Crippen molar-refractivity contribution in [1.29, 1.82) is 0 Å². The van der Waals surface area contributed by atoms with E-state index in [4.69, 9.17) is 5.10 Å². The first-order valence-corrected chi connectivity index (χ1v) is 11.2. The summed E-state index contributed by atoms with van der Waals surface area (Å²) in [4.78, 5) is 13.3. The van der Waals surface area contributed by atoms with Crippen molar-refractivity contribution in [3.05, 3.63) is 29.1 Å². The summed E-state index contributed by atoms with van der Waals surface area (Å²) in [5, 5.41) is 8.30. The van der Waals surface area contributed by atoms with Crippen LogP contribution in [0.4, 0.5) is 0 Å². The van der Waals surface area contributed by atoms with Gasteiger partial charge in [0.1, 0.15) is 0 Å². The van der Waals surface area contributed by atoms with E-state index in [9.17, 15) is 4.79 Å². The van der Waals surface area contributed by atoms with Crippen LogP contribution in [0.25, 0.3) is 0 Å². The lowest BCUT2D eigenvalue weighted by Gasteiger charge is -2.33. The van der Waals surface area contributed by atoms with Gasteiger partial charge in [0.2, 0.25) is 0 Å². The molecule has 1 N–H and O–H groups in total. The minimum atomic E-state index is 0.0461. The van der Waals surface area contributed by atoms with Crippen LogP contribution in [0.5, 0.6) is 0 Å². The fourth-order valence-corrected chi connectivity index (χ4v) is 6.09. The van der Waals surface area contributed by atoms with E-state index in [0.29, 0.717) is 12.0 Å². The van der Waals surface area contributed by atoms with Gasteiger partial charge in [-0.15, -0.1) is 0 Å². The SMILES string of the molecule is C=C1C2CCC(C)(C2)C1NC(=O)c1nn(C2CCC2)c2c1CCCCCC2. The average Bonchev–Trinajstić information content (AvgIpc) is 3.18. The van der Waals surface area contributed by atoms with E-state index < -0.39 is 0 Å². The maximum Gasteiger partial charge on any atom is 0.272 e. The molecule has 3 fully saturated rings. The average molecular weight is 368 g/mol. The van der Waals surface area contributed by atoms with Gasteiger partial charge in [-0.25, -0.2) is 0 Å². The summed E-state index contributed by atoms with van der Waals surface area (Å²) in [6.45, 7) is 6.67. The number of rotatable bonds is 3. The van der Waals surface area contributed by atoms with Crippen LogP contribution < -0.4 is 5.32 Å². The number of fused-ring (bicyclic) bond motifs is 3. The first-order valence-electron chi connectivity index (χ1n) is 11.2. The monoisotopic (exact) mass is 367 g/mol. The Bertz CT molecular complexity index is 775. The van der Waals surface area contributed by atoms with E-state index in [-0.39, 0.29) is 17.4 Å². The molecule has 4 aliphatic rings. The zero-order valence-corrected chi connectivity index (χ0v) is 16.7. The molecule has 146 valence electrons. The highest BCUT2D eigenvalue weighted by Gasteiger charge is 2.52. The smallest absolute Gasteiger partial charge is 0.272 e. The zero-order chi connectivity index (χ0) is 18.6. The molecule has 3 unspecified atom stereocenters. The topological polar surface area (TPSA) is 46.9 Å². The largest absolute Gasteiger partial charge is 0.344 e. The van der Waals surface area contributed by atoms with Gasteiger partial charge in [-0.2, -0.15) is 5.10 Å². The minimum absolute atomic E-state index is 0.0461. The summed E-state index contributed by atoms with van der Waals surface area (Å²) < 4.78 is 2.25. The number of carbonyl (C=O) groups is 1. The Morgan fingerprint density at radius 2 is 1.93 bits per heavy atom. The van der Waals surface area contributed by atoms with Crippen molar-refractivity contribution in [3.8, 4) is 0 Å². The van der Waals surface area contributed by atoms with Gasteiger partial charge in [0.25, 0.3) is 5.91 Å². The summed E-state index contributed by atoms with van der Waals surface area (Å²) in [7, 11) is 0. The van der Waals surface area contributed by atoms with Crippen molar-refractivity contribution in [2.45, 2.75) is 96.1 Å². The van der Waals surface area contributed by atoms with Crippen LogP contribution >= 0.6 is 0 Å². The summed E-state index contributed by atoms with van der Waals surface area (Å²) in [6, 6.07) is 0.650. The molecule has 0 aromatic carbocycles. The molecule has 4 heteroatoms. The number of carbonyl (C=O) groups excluding carboxylic acids is 1. The fourth-order valence-electron chi connectivity index (χ4n) is 6.09. The van der Waals surface area contributed by atoms with E-state index in [2.05, 4.69) is 23.5 Å². The van der Waals surface area contributed by atoms with Gasteiger partial charge in [0.15, 0.2) is 5.69 Å². The standard InChI is InChI=1S/C23H33N3O/c1-15-16-12-13-23(2,14-16)21(15)24-22(27)20-18-10-5-3-4-6-11-19(18)26(25-20)17-8-7-9-17/h16-17,21H,1,3-14H2,2H3,(H,24,27). The molecule has 0 saturated heterocycles. The summed E-state index contributed by atoms with van der Waals surface area (Å²) in [5.41, 5.74) is 4.78. The Hall–Kier alpha value is -1.58. The molecular formula is C23H33N3O. The second-order valence-corrected chi connectivity index (χ2v) is 9.79. The van der Waals surface area contributed by atoms with Gasteiger partial charge >= 0.3 is 0 Å². The summed E-state index contributed by atoms with van der Waals surface area (Å²) >= 11 is 0. The third-order valence-electron chi connectivity index (χ3n) is 7.99. The van der Waals surface area contributed by atoms with Gasteiger partial charge in [-0.05, 0) is 75.5 Å². The highest BCUT2D eigenvalue weighted by Crippen LogP contribution is 2.56. The molecule has 0 aliphatic heterocycles. The molecular weight excluding hydrogens is 334 g/mol. The van der Waals surface area contributed by atoms with Crippen LogP contribution in [0.2, 0.25) is 0 Å². The van der Waals surface area contributed by atoms with Crippen molar-refractivity contribution in [2.24, 2.45) is 11.3 Å². The van der Waals surface area contributed by atoms with Crippen molar-refractivity contribution < 1.29 is 4.79 Å². The van der Waals surface area contributed by atoms with Gasteiger partial charge in [-0.3, -0.25) is 9.48 Å². The lowest BCUT2D eigenvalue weighted by Crippen LogP contribution is -2.45. The molecule has 1 aromatic heterocycles. The van der Waals surface area contributed by atoms with Crippen LogP contribution in [0.3, 0.4) is 0 Å². The minimum Gasteiger partial charge on any atom is -0.344 e. The zero-order valence-electron chi connectivity index (χ0n) is 16.7. The molecule has 2 bridgehead atoms. The summed E-state index contributed by atoms with van der Waals surface area (Å²) in [5.74, 6) is 0.651. The maximum atomic E-state index is 13.3. The van der Waals surface area contributed by atoms with Crippen LogP contribution in [0, 0.1) is 11.3 Å². The third kappa shape index (κ3) is 2.78. The Morgan fingerprint density at radius 1 is 1.15 bits per heavy atom. The molecule has 4 aliphatic carbocycles. The number of aromatic nitrogens is 2. The van der Waals surface area contributed by atoms with Gasteiger partial charge < -0.3 is 5.32 Å². The molecule has 1 aromatic rings. The third-order valence-corrected chi connectivity index (χ3v) is 7.99. The fraction of sp³-hybridized carbons (Fsp3) is 0.739. The van der Waals surface area contributed by atoms with Crippen LogP contribution in [0.1, 0.15) is 98.9 Å². The molecule has 0 spiro atoms. The normalized spacial score (nSPS) is 33.3. The predicted octanol–water partition coefficient (Wildman–Crippen LogP) is 4.74. The number of hydrogen-bond acceptors (Lipinski definition) is 2. The quantitative estimate of drug-likeness (QED) is 0.784. The Labute approximate surface area is 162 Å². The number of nitrogens with one attached hydrogen (secondary N) is 1. The highest BCUT2D eigenvalue weighted by atomic mass is 16.2.